The maximum Gasteiger partial charge on any atom is 0.239 e. The molecule has 1 unspecified atom stereocenters. The van der Waals surface area contributed by atoms with Crippen LogP contribution in [0.15, 0.2) is 33.7 Å². The van der Waals surface area contributed by atoms with Crippen molar-refractivity contribution < 1.29 is 9.26 Å². The lowest BCUT2D eigenvalue weighted by Gasteiger charge is -2.07. The van der Waals surface area contributed by atoms with Crippen LogP contribution in [0.3, 0.4) is 0 Å². The summed E-state index contributed by atoms with van der Waals surface area (Å²) in [5, 5.41) is 4.04. The molecule has 0 bridgehead atoms. The van der Waals surface area contributed by atoms with E-state index in [4.69, 9.17) is 9.26 Å². The van der Waals surface area contributed by atoms with E-state index in [-0.39, 0.29) is 5.25 Å². The monoisotopic (exact) mass is 264 g/mol. The SMILES string of the molecule is CCc1noc(C(C)Sc2cccc(OC)c2)n1. The van der Waals surface area contributed by atoms with Crippen molar-refractivity contribution in [3.63, 3.8) is 0 Å². The Morgan fingerprint density at radius 2 is 2.28 bits per heavy atom. The quantitative estimate of drug-likeness (QED) is 0.774. The van der Waals surface area contributed by atoms with Crippen LogP contribution in [0.25, 0.3) is 0 Å². The van der Waals surface area contributed by atoms with Crippen molar-refractivity contribution in [2.45, 2.75) is 30.4 Å². The molecule has 2 aromatic rings. The molecule has 0 aliphatic carbocycles. The van der Waals surface area contributed by atoms with Gasteiger partial charge in [-0.3, -0.25) is 0 Å². The molecule has 1 atom stereocenters. The highest BCUT2D eigenvalue weighted by atomic mass is 32.2. The number of hydrogen-bond acceptors (Lipinski definition) is 5. The summed E-state index contributed by atoms with van der Waals surface area (Å²) >= 11 is 1.67. The molecule has 0 N–H and O–H groups in total. The number of hydrogen-bond donors (Lipinski definition) is 0. The second-order valence-electron chi connectivity index (χ2n) is 3.84. The lowest BCUT2D eigenvalue weighted by Crippen LogP contribution is -1.90. The zero-order valence-corrected chi connectivity index (χ0v) is 11.5. The van der Waals surface area contributed by atoms with Gasteiger partial charge in [-0.15, -0.1) is 11.8 Å². The van der Waals surface area contributed by atoms with Crippen molar-refractivity contribution in [1.82, 2.24) is 10.1 Å². The molecule has 18 heavy (non-hydrogen) atoms. The first-order valence-electron chi connectivity index (χ1n) is 5.86. The van der Waals surface area contributed by atoms with Gasteiger partial charge in [0.15, 0.2) is 5.82 Å². The largest absolute Gasteiger partial charge is 0.497 e. The van der Waals surface area contributed by atoms with E-state index >= 15 is 0 Å². The van der Waals surface area contributed by atoms with E-state index in [1.165, 1.54) is 0 Å². The Hall–Kier alpha value is -1.49. The summed E-state index contributed by atoms with van der Waals surface area (Å²) in [6.07, 6.45) is 0.792. The molecule has 0 spiro atoms. The van der Waals surface area contributed by atoms with Gasteiger partial charge in [-0.1, -0.05) is 18.1 Å². The predicted octanol–water partition coefficient (Wildman–Crippen LogP) is 3.49. The van der Waals surface area contributed by atoms with Crippen molar-refractivity contribution in [2.75, 3.05) is 7.11 Å². The number of methoxy groups -OCH3 is 1. The van der Waals surface area contributed by atoms with Crippen LogP contribution in [0, 0.1) is 0 Å². The molecule has 2 rings (SSSR count). The fourth-order valence-corrected chi connectivity index (χ4v) is 2.45. The van der Waals surface area contributed by atoms with Crippen LogP contribution in [0.2, 0.25) is 0 Å². The average Bonchev–Trinajstić information content (AvgIpc) is 2.88. The number of aryl methyl sites for hydroxylation is 1. The maximum absolute atomic E-state index is 5.23. The molecule has 4 nitrogen and oxygen atoms in total. The number of rotatable bonds is 5. The summed E-state index contributed by atoms with van der Waals surface area (Å²) in [6.45, 7) is 4.06. The van der Waals surface area contributed by atoms with E-state index in [9.17, 15) is 0 Å². The molecule has 0 saturated heterocycles. The highest BCUT2D eigenvalue weighted by molar-refractivity contribution is 7.99. The third kappa shape index (κ3) is 3.04. The summed E-state index contributed by atoms with van der Waals surface area (Å²) in [5.41, 5.74) is 0. The molecule has 5 heteroatoms. The second kappa shape index (κ2) is 5.91. The van der Waals surface area contributed by atoms with Crippen LogP contribution in [-0.4, -0.2) is 17.3 Å². The highest BCUT2D eigenvalue weighted by Crippen LogP contribution is 2.35. The Morgan fingerprint density at radius 1 is 1.44 bits per heavy atom. The minimum absolute atomic E-state index is 0.130. The van der Waals surface area contributed by atoms with Gasteiger partial charge >= 0.3 is 0 Å². The Labute approximate surface area is 111 Å². The van der Waals surface area contributed by atoms with Gasteiger partial charge in [0, 0.05) is 11.3 Å². The normalized spacial score (nSPS) is 12.4. The van der Waals surface area contributed by atoms with Crippen LogP contribution in [-0.2, 0) is 6.42 Å². The zero-order valence-electron chi connectivity index (χ0n) is 10.7. The summed E-state index contributed by atoms with van der Waals surface area (Å²) in [4.78, 5) is 5.46. The van der Waals surface area contributed by atoms with E-state index in [2.05, 4.69) is 17.1 Å². The molecule has 0 saturated carbocycles. The Morgan fingerprint density at radius 3 is 2.94 bits per heavy atom. The van der Waals surface area contributed by atoms with Gasteiger partial charge in [-0.25, -0.2) is 0 Å². The number of nitrogens with zero attached hydrogens (tertiary/aromatic N) is 2. The van der Waals surface area contributed by atoms with Crippen LogP contribution < -0.4 is 4.74 Å². The summed E-state index contributed by atoms with van der Waals surface area (Å²) in [7, 11) is 1.67. The zero-order chi connectivity index (χ0) is 13.0. The first-order valence-corrected chi connectivity index (χ1v) is 6.74. The number of aromatic nitrogens is 2. The van der Waals surface area contributed by atoms with Gasteiger partial charge in [0.2, 0.25) is 5.89 Å². The summed E-state index contributed by atoms with van der Waals surface area (Å²) < 4.78 is 10.4. The smallest absolute Gasteiger partial charge is 0.239 e. The fourth-order valence-electron chi connectivity index (χ4n) is 1.51. The second-order valence-corrected chi connectivity index (χ2v) is 5.26. The van der Waals surface area contributed by atoms with Gasteiger partial charge < -0.3 is 9.26 Å². The summed E-state index contributed by atoms with van der Waals surface area (Å²) in [5.74, 6) is 2.27. The van der Waals surface area contributed by atoms with Crippen molar-refractivity contribution in [1.29, 1.82) is 0 Å². The first kappa shape index (κ1) is 13.0. The molecular weight excluding hydrogens is 248 g/mol. The lowest BCUT2D eigenvalue weighted by atomic mass is 10.3. The topological polar surface area (TPSA) is 48.2 Å². The van der Waals surface area contributed by atoms with Crippen molar-refractivity contribution >= 4 is 11.8 Å². The first-order chi connectivity index (χ1) is 8.72. The summed E-state index contributed by atoms with van der Waals surface area (Å²) in [6, 6.07) is 7.94. The van der Waals surface area contributed by atoms with E-state index in [0.29, 0.717) is 5.89 Å². The maximum atomic E-state index is 5.23. The van der Waals surface area contributed by atoms with Crippen molar-refractivity contribution in [3.05, 3.63) is 36.0 Å². The fraction of sp³-hybridized carbons (Fsp3) is 0.385. The van der Waals surface area contributed by atoms with E-state index in [0.717, 1.165) is 22.9 Å². The minimum Gasteiger partial charge on any atom is -0.497 e. The van der Waals surface area contributed by atoms with Gasteiger partial charge in [0.25, 0.3) is 0 Å². The van der Waals surface area contributed by atoms with Crippen molar-refractivity contribution in [2.24, 2.45) is 0 Å². The minimum atomic E-state index is 0.130. The third-order valence-corrected chi connectivity index (χ3v) is 3.58. The van der Waals surface area contributed by atoms with Gasteiger partial charge in [-0.05, 0) is 25.1 Å². The third-order valence-electron chi connectivity index (χ3n) is 2.50. The van der Waals surface area contributed by atoms with Gasteiger partial charge in [-0.2, -0.15) is 4.98 Å². The predicted molar refractivity (Wildman–Crippen MR) is 70.9 cm³/mol. The highest BCUT2D eigenvalue weighted by Gasteiger charge is 2.15. The van der Waals surface area contributed by atoms with Crippen LogP contribution in [0.5, 0.6) is 5.75 Å². The molecule has 0 aliphatic heterocycles. The van der Waals surface area contributed by atoms with E-state index in [1.54, 1.807) is 18.9 Å². The Bertz CT molecular complexity index is 513. The van der Waals surface area contributed by atoms with Crippen molar-refractivity contribution in [3.8, 4) is 5.75 Å². The number of benzene rings is 1. The van der Waals surface area contributed by atoms with Crippen LogP contribution >= 0.6 is 11.8 Å². The lowest BCUT2D eigenvalue weighted by molar-refractivity contribution is 0.375. The molecular formula is C13H16N2O2S. The number of thioether (sulfide) groups is 1. The Kier molecular flexibility index (Phi) is 4.25. The Balaban J connectivity index is 2.08. The number of ether oxygens (including phenoxy) is 1. The van der Waals surface area contributed by atoms with E-state index < -0.39 is 0 Å². The molecule has 0 aliphatic rings. The molecule has 1 heterocycles. The molecule has 1 aromatic heterocycles. The molecule has 0 radical (unpaired) electrons. The average molecular weight is 264 g/mol. The van der Waals surface area contributed by atoms with Crippen LogP contribution in [0.1, 0.15) is 30.8 Å². The van der Waals surface area contributed by atoms with E-state index in [1.807, 2.05) is 31.2 Å². The van der Waals surface area contributed by atoms with Crippen LogP contribution in [0.4, 0.5) is 0 Å². The molecule has 96 valence electrons. The standard InChI is InChI=1S/C13H16N2O2S/c1-4-12-14-13(17-15-12)9(2)18-11-7-5-6-10(8-11)16-3/h5-9H,4H2,1-3H3. The molecule has 0 amide bonds. The van der Waals surface area contributed by atoms with Gasteiger partial charge in [0.05, 0.1) is 12.4 Å². The molecule has 0 fully saturated rings. The van der Waals surface area contributed by atoms with Gasteiger partial charge in [0.1, 0.15) is 5.75 Å². The molecule has 1 aromatic carbocycles.